The van der Waals surface area contributed by atoms with Crippen LogP contribution in [0.5, 0.6) is 0 Å². The Kier molecular flexibility index (Phi) is 6.80. The zero-order valence-electron chi connectivity index (χ0n) is 16.7. The molecule has 1 aliphatic rings. The van der Waals surface area contributed by atoms with E-state index in [0.29, 0.717) is 0 Å². The van der Waals surface area contributed by atoms with Crippen LogP contribution >= 0.6 is 23.4 Å². The Morgan fingerprint density at radius 1 is 1.30 bits per heavy atom. The van der Waals surface area contributed by atoms with Crippen LogP contribution in [-0.4, -0.2) is 62.7 Å². The van der Waals surface area contributed by atoms with Gasteiger partial charge in [0.1, 0.15) is 5.60 Å². The van der Waals surface area contributed by atoms with E-state index in [0.717, 1.165) is 0 Å². The van der Waals surface area contributed by atoms with E-state index in [4.69, 9.17) is 25.5 Å². The maximum absolute atomic E-state index is 12.1. The summed E-state index contributed by atoms with van der Waals surface area (Å²) in [6.45, 7) is 0.597. The summed E-state index contributed by atoms with van der Waals surface area (Å²) in [6, 6.07) is -0.931. The molecule has 21 heteroatoms. The second kappa shape index (κ2) is 8.61. The summed E-state index contributed by atoms with van der Waals surface area (Å²) < 4.78 is 48.0. The summed E-state index contributed by atoms with van der Waals surface area (Å²) in [6.07, 6.45) is -0.379. The van der Waals surface area contributed by atoms with E-state index in [1.807, 2.05) is 0 Å². The average molecular weight is 534 g/mol. The van der Waals surface area contributed by atoms with Crippen molar-refractivity contribution in [1.82, 2.24) is 19.5 Å². The first kappa shape index (κ1) is 26.1. The van der Waals surface area contributed by atoms with Gasteiger partial charge in [0.05, 0.1) is 25.1 Å². The molecular formula is C12H21N6O12P3. The summed E-state index contributed by atoms with van der Waals surface area (Å²) in [4.78, 5) is 48.6. The number of nitrogen functional groups attached to an aromatic ring is 1. The van der Waals surface area contributed by atoms with Crippen molar-refractivity contribution in [3.63, 3.8) is 0 Å². The van der Waals surface area contributed by atoms with Gasteiger partial charge < -0.3 is 35.2 Å². The lowest BCUT2D eigenvalue weighted by Gasteiger charge is -2.30. The standard InChI is InChI=1S/C12H21N6O12P3/c1-12(21)6(18-4-15-7-9(18)16-11(13)17-10(7)20)2-5(8(12)19)3-28-31(14,22)29-33(26,27)30-32(23,24)25/h4-6,8,19,21H,2-3H2,1H3,(H2,14,22)(H,26,27)(H2,23,24,25)(H3,13,16,17,20)/t5-,6-,8-,12+,31?/m1/s1. The van der Waals surface area contributed by atoms with E-state index < -0.39 is 59.2 Å². The maximum atomic E-state index is 12.1. The van der Waals surface area contributed by atoms with Crippen molar-refractivity contribution in [3.8, 4) is 0 Å². The lowest BCUT2D eigenvalue weighted by Crippen LogP contribution is -2.43. The van der Waals surface area contributed by atoms with Crippen molar-refractivity contribution in [2.75, 3.05) is 12.3 Å². The topological polar surface area (TPSA) is 296 Å². The molecule has 0 radical (unpaired) electrons. The van der Waals surface area contributed by atoms with Gasteiger partial charge in [-0.3, -0.25) is 14.3 Å². The first-order valence-electron chi connectivity index (χ1n) is 8.89. The molecule has 2 heterocycles. The van der Waals surface area contributed by atoms with Gasteiger partial charge in [0.15, 0.2) is 11.2 Å². The number of nitrogens with one attached hydrogen (secondary N) is 1. The minimum atomic E-state index is -5.58. The lowest BCUT2D eigenvalue weighted by atomic mass is 9.96. The molecule has 2 aromatic heterocycles. The van der Waals surface area contributed by atoms with Gasteiger partial charge >= 0.3 is 23.4 Å². The second-order valence-electron chi connectivity index (χ2n) is 7.42. The fourth-order valence-electron chi connectivity index (χ4n) is 3.57. The third-order valence-corrected chi connectivity index (χ3v) is 8.85. The number of imidazole rings is 1. The molecule has 1 saturated carbocycles. The highest BCUT2D eigenvalue weighted by molar-refractivity contribution is 7.67. The predicted molar refractivity (Wildman–Crippen MR) is 108 cm³/mol. The molecular weight excluding hydrogens is 513 g/mol. The Bertz CT molecular complexity index is 1250. The quantitative estimate of drug-likeness (QED) is 0.182. The molecule has 6 atom stereocenters. The molecule has 1 aliphatic carbocycles. The Morgan fingerprint density at radius 3 is 2.55 bits per heavy atom. The molecule has 0 aliphatic heterocycles. The van der Waals surface area contributed by atoms with Gasteiger partial charge in [-0.1, -0.05) is 0 Å². The molecule has 3 rings (SSSR count). The molecule has 0 spiro atoms. The molecule has 0 aromatic carbocycles. The summed E-state index contributed by atoms with van der Waals surface area (Å²) in [5.41, 5.74) is 8.21. The van der Waals surface area contributed by atoms with Crippen LogP contribution in [-0.2, 0) is 26.8 Å². The summed E-state index contributed by atoms with van der Waals surface area (Å²) in [7, 11) is -16.0. The molecule has 10 N–H and O–H groups in total. The first-order valence-corrected chi connectivity index (χ1v) is 13.5. The largest absolute Gasteiger partial charge is 0.489 e. The highest BCUT2D eigenvalue weighted by atomic mass is 31.3. The zero-order chi connectivity index (χ0) is 25.0. The van der Waals surface area contributed by atoms with Crippen LogP contribution < -0.4 is 16.8 Å². The third-order valence-electron chi connectivity index (χ3n) is 4.93. The van der Waals surface area contributed by atoms with Gasteiger partial charge in [0.2, 0.25) is 5.95 Å². The minimum absolute atomic E-state index is 0.0268. The van der Waals surface area contributed by atoms with Crippen molar-refractivity contribution >= 4 is 40.5 Å². The average Bonchev–Trinajstić information content (AvgIpc) is 3.10. The number of anilines is 1. The first-order chi connectivity index (χ1) is 14.9. The SMILES string of the molecule is C[C@@]1(O)[C@H](O)[C@@H](COP(N)(=O)OP(=O)(O)OP(=O)(O)O)C[C@H]1n1cnc2c(=O)[nH]c(N)nc21. The van der Waals surface area contributed by atoms with Gasteiger partial charge in [-0.25, -0.2) is 24.2 Å². The number of fused-ring (bicyclic) bond motifs is 1. The van der Waals surface area contributed by atoms with Crippen molar-refractivity contribution < 1.29 is 51.7 Å². The monoisotopic (exact) mass is 534 g/mol. The summed E-state index contributed by atoms with van der Waals surface area (Å²) >= 11 is 0. The molecule has 2 aromatic rings. The second-order valence-corrected chi connectivity index (χ2v) is 12.0. The Balaban J connectivity index is 1.78. The highest BCUT2D eigenvalue weighted by Crippen LogP contribution is 2.65. The van der Waals surface area contributed by atoms with Gasteiger partial charge in [0.25, 0.3) is 5.56 Å². The Labute approximate surface area is 184 Å². The number of H-pyrrole nitrogens is 1. The van der Waals surface area contributed by atoms with E-state index in [2.05, 4.69) is 23.6 Å². The molecule has 18 nitrogen and oxygen atoms in total. The fraction of sp³-hybridized carbons (Fsp3) is 0.583. The third kappa shape index (κ3) is 5.77. The van der Waals surface area contributed by atoms with Crippen molar-refractivity contribution in [3.05, 3.63) is 16.7 Å². The van der Waals surface area contributed by atoms with E-state index in [-0.39, 0.29) is 23.5 Å². The lowest BCUT2D eigenvalue weighted by molar-refractivity contribution is -0.0769. The zero-order valence-corrected chi connectivity index (χ0v) is 19.3. The van der Waals surface area contributed by atoms with Crippen molar-refractivity contribution in [1.29, 1.82) is 0 Å². The number of aliphatic hydroxyl groups excluding tert-OH is 1. The van der Waals surface area contributed by atoms with Crippen LogP contribution in [0.3, 0.4) is 0 Å². The molecule has 0 saturated heterocycles. The number of aliphatic hydroxyl groups is 2. The highest BCUT2D eigenvalue weighted by Gasteiger charge is 2.52. The van der Waals surface area contributed by atoms with Crippen LogP contribution in [0.4, 0.5) is 5.95 Å². The van der Waals surface area contributed by atoms with Crippen LogP contribution in [0.25, 0.3) is 11.2 Å². The molecule has 1 fully saturated rings. The predicted octanol–water partition coefficient (Wildman–Crippen LogP) is -1.32. The Morgan fingerprint density at radius 2 is 1.94 bits per heavy atom. The number of nitrogens with zero attached hydrogens (tertiary/aromatic N) is 3. The number of rotatable bonds is 8. The Hall–Kier alpha value is -1.52. The minimum Gasteiger partial charge on any atom is -0.390 e. The van der Waals surface area contributed by atoms with Crippen LogP contribution in [0.2, 0.25) is 0 Å². The smallest absolute Gasteiger partial charge is 0.390 e. The fourth-order valence-corrected chi connectivity index (χ4v) is 6.77. The molecule has 0 amide bonds. The number of phosphoric acid groups is 2. The van der Waals surface area contributed by atoms with Crippen LogP contribution in [0.1, 0.15) is 19.4 Å². The van der Waals surface area contributed by atoms with Gasteiger partial charge in [-0.05, 0) is 13.3 Å². The summed E-state index contributed by atoms with van der Waals surface area (Å²) in [5, 5.41) is 21.5. The van der Waals surface area contributed by atoms with E-state index in [1.54, 1.807) is 0 Å². The summed E-state index contributed by atoms with van der Waals surface area (Å²) in [5.74, 6) is -1.19. The van der Waals surface area contributed by atoms with E-state index in [9.17, 15) is 33.6 Å². The van der Waals surface area contributed by atoms with Crippen LogP contribution in [0.15, 0.2) is 11.1 Å². The van der Waals surface area contributed by atoms with Crippen molar-refractivity contribution in [2.45, 2.75) is 31.1 Å². The molecule has 186 valence electrons. The van der Waals surface area contributed by atoms with Gasteiger partial charge in [-0.15, -0.1) is 0 Å². The molecule has 33 heavy (non-hydrogen) atoms. The number of hydrogen-bond donors (Lipinski definition) is 8. The number of nitrogens with two attached hydrogens (primary N) is 2. The molecule has 2 unspecified atom stereocenters. The maximum Gasteiger partial charge on any atom is 0.489 e. The van der Waals surface area contributed by atoms with Gasteiger partial charge in [-0.2, -0.15) is 13.6 Å². The van der Waals surface area contributed by atoms with Crippen LogP contribution in [0, 0.1) is 5.92 Å². The van der Waals surface area contributed by atoms with Crippen molar-refractivity contribution in [2.24, 2.45) is 11.4 Å². The van der Waals surface area contributed by atoms with E-state index in [1.165, 1.54) is 17.8 Å². The van der Waals surface area contributed by atoms with Gasteiger partial charge in [0, 0.05) is 5.92 Å². The number of aromatic amines is 1. The van der Waals surface area contributed by atoms with E-state index >= 15 is 0 Å². The molecule has 0 bridgehead atoms. The number of hydrogen-bond acceptors (Lipinski definition) is 12. The number of aromatic nitrogens is 4. The normalized spacial score (nSPS) is 29.7.